The summed E-state index contributed by atoms with van der Waals surface area (Å²) in [5.41, 5.74) is 0.179. The molecule has 2 aliphatic heterocycles. The number of rotatable bonds is 5. The monoisotopic (exact) mass is 466 g/mol. The largest absolute Gasteiger partial charge is 0.325 e. The van der Waals surface area contributed by atoms with Crippen LogP contribution in [0.25, 0.3) is 0 Å². The van der Waals surface area contributed by atoms with Gasteiger partial charge in [-0.25, -0.2) is 8.78 Å². The van der Waals surface area contributed by atoms with Crippen LogP contribution in [0.5, 0.6) is 0 Å². The van der Waals surface area contributed by atoms with Crippen molar-refractivity contribution in [2.75, 3.05) is 17.2 Å². The zero-order chi connectivity index (χ0) is 24.6. The molecule has 0 unspecified atom stereocenters. The summed E-state index contributed by atoms with van der Waals surface area (Å²) in [4.78, 5) is 40.9. The summed E-state index contributed by atoms with van der Waals surface area (Å²) < 4.78 is 27.2. The van der Waals surface area contributed by atoms with Gasteiger partial charge < -0.3 is 15.5 Å². The van der Waals surface area contributed by atoms with E-state index in [1.165, 1.54) is 4.90 Å². The fourth-order valence-corrected chi connectivity index (χ4v) is 4.83. The summed E-state index contributed by atoms with van der Waals surface area (Å²) >= 11 is 0. The molecule has 2 N–H and O–H groups in total. The number of carbonyl (C=O) groups excluding carboxylic acids is 3. The minimum Gasteiger partial charge on any atom is -0.325 e. The van der Waals surface area contributed by atoms with E-state index in [9.17, 15) is 28.4 Å². The van der Waals surface area contributed by atoms with Gasteiger partial charge in [0.1, 0.15) is 23.6 Å². The van der Waals surface area contributed by atoms with E-state index in [0.29, 0.717) is 11.8 Å². The normalized spacial score (nSPS) is 21.8. The van der Waals surface area contributed by atoms with Gasteiger partial charge >= 0.3 is 0 Å². The molecule has 1 spiro atoms. The number of fused-ring (bicyclic) bond motifs is 2. The lowest BCUT2D eigenvalue weighted by Gasteiger charge is -2.27. The Labute approximate surface area is 195 Å². The lowest BCUT2D eigenvalue weighted by molar-refractivity contribution is -0.141. The van der Waals surface area contributed by atoms with Gasteiger partial charge in [-0.05, 0) is 36.1 Å². The van der Waals surface area contributed by atoms with E-state index in [1.54, 1.807) is 24.3 Å². The van der Waals surface area contributed by atoms with Gasteiger partial charge in [-0.2, -0.15) is 5.26 Å². The number of amides is 3. The highest BCUT2D eigenvalue weighted by atomic mass is 19.1. The first-order valence-corrected chi connectivity index (χ1v) is 11.0. The van der Waals surface area contributed by atoms with Gasteiger partial charge in [0.2, 0.25) is 17.7 Å². The van der Waals surface area contributed by atoms with Crippen molar-refractivity contribution >= 4 is 29.1 Å². The number of anilines is 2. The van der Waals surface area contributed by atoms with Crippen LogP contribution in [0.1, 0.15) is 32.3 Å². The van der Waals surface area contributed by atoms with Crippen molar-refractivity contribution in [2.24, 2.45) is 11.8 Å². The number of para-hydroxylation sites is 1. The fourth-order valence-electron chi connectivity index (χ4n) is 4.83. The first-order chi connectivity index (χ1) is 16.1. The Kier molecular flexibility index (Phi) is 6.09. The highest BCUT2D eigenvalue weighted by Gasteiger charge is 2.56. The number of halogens is 2. The Morgan fingerprint density at radius 2 is 1.91 bits per heavy atom. The Hall–Kier alpha value is -3.80. The van der Waals surface area contributed by atoms with E-state index >= 15 is 0 Å². The molecule has 9 heteroatoms. The molecular formula is C25H24F2N4O3. The molecule has 7 nitrogen and oxygen atoms in total. The maximum atomic E-state index is 13.6. The molecule has 0 aromatic heterocycles. The quantitative estimate of drug-likeness (QED) is 0.658. The summed E-state index contributed by atoms with van der Waals surface area (Å²) in [6.45, 7) is 3.63. The standard InChI is InChI=1S/C25H24F2N4O3/c1-14(2)7-19(22(32)29-17-9-15(26)8-16(27)10-17)23(33)31-13-25(11-18(31)12-28)20-5-3-4-6-21(20)30-24(25)34/h3-6,8-10,14,18-19H,7,11,13H2,1-2H3,(H,29,32)(H,30,34)/t18-,19+,25-/m0/s1. The molecule has 3 amide bonds. The second-order valence-electron chi connectivity index (χ2n) is 9.23. The smallest absolute Gasteiger partial charge is 0.237 e. The lowest BCUT2D eigenvalue weighted by Crippen LogP contribution is -2.45. The maximum absolute atomic E-state index is 13.6. The van der Waals surface area contributed by atoms with Crippen molar-refractivity contribution < 1.29 is 23.2 Å². The van der Waals surface area contributed by atoms with E-state index in [0.717, 1.165) is 17.7 Å². The average molecular weight is 466 g/mol. The fraction of sp³-hybridized carbons (Fsp3) is 0.360. The number of nitrogens with one attached hydrogen (secondary N) is 2. The number of carbonyl (C=O) groups is 3. The third-order valence-electron chi connectivity index (χ3n) is 6.37. The molecule has 4 rings (SSSR count). The second-order valence-corrected chi connectivity index (χ2v) is 9.23. The highest BCUT2D eigenvalue weighted by molar-refractivity contribution is 6.09. The van der Waals surface area contributed by atoms with Gasteiger partial charge in [0, 0.05) is 30.4 Å². The summed E-state index contributed by atoms with van der Waals surface area (Å²) in [6.07, 6.45) is 0.274. The lowest BCUT2D eigenvalue weighted by atomic mass is 9.80. The first-order valence-electron chi connectivity index (χ1n) is 11.0. The van der Waals surface area contributed by atoms with E-state index in [-0.39, 0.29) is 36.9 Å². The number of nitriles is 1. The van der Waals surface area contributed by atoms with Crippen LogP contribution in [0.2, 0.25) is 0 Å². The molecule has 1 fully saturated rings. The first kappa shape index (κ1) is 23.4. The molecule has 1 saturated heterocycles. The van der Waals surface area contributed by atoms with Crippen LogP contribution in [0.3, 0.4) is 0 Å². The predicted octanol–water partition coefficient (Wildman–Crippen LogP) is 3.58. The molecule has 0 radical (unpaired) electrons. The Morgan fingerprint density at radius 3 is 2.56 bits per heavy atom. The number of likely N-dealkylation sites (tertiary alicyclic amines) is 1. The molecule has 0 saturated carbocycles. The second kappa shape index (κ2) is 8.86. The predicted molar refractivity (Wildman–Crippen MR) is 120 cm³/mol. The van der Waals surface area contributed by atoms with Crippen LogP contribution in [-0.2, 0) is 19.8 Å². The summed E-state index contributed by atoms with van der Waals surface area (Å²) in [5, 5.41) is 15.1. The minimum absolute atomic E-state index is 0.0383. The van der Waals surface area contributed by atoms with E-state index in [4.69, 9.17) is 0 Å². The minimum atomic E-state index is -1.20. The van der Waals surface area contributed by atoms with Gasteiger partial charge in [0.05, 0.1) is 11.5 Å². The molecule has 176 valence electrons. The number of nitrogens with zero attached hydrogens (tertiary/aromatic N) is 2. The molecule has 0 bridgehead atoms. The molecule has 2 heterocycles. The average Bonchev–Trinajstić information content (AvgIpc) is 3.29. The third kappa shape index (κ3) is 4.12. The van der Waals surface area contributed by atoms with Crippen molar-refractivity contribution in [3.8, 4) is 6.07 Å². The summed E-state index contributed by atoms with van der Waals surface area (Å²) in [7, 11) is 0. The maximum Gasteiger partial charge on any atom is 0.237 e. The van der Waals surface area contributed by atoms with Crippen LogP contribution >= 0.6 is 0 Å². The zero-order valence-electron chi connectivity index (χ0n) is 18.8. The molecule has 0 aliphatic carbocycles. The van der Waals surface area contributed by atoms with Gasteiger partial charge in [0.25, 0.3) is 0 Å². The number of hydrogen-bond donors (Lipinski definition) is 2. The SMILES string of the molecule is CC(C)C[C@H](C(=O)Nc1cc(F)cc(F)c1)C(=O)N1C[C@]2(C[C@H]1C#N)C(=O)Nc1ccccc12. The van der Waals surface area contributed by atoms with Crippen LogP contribution in [0, 0.1) is 34.8 Å². The molecule has 3 atom stereocenters. The van der Waals surface area contributed by atoms with Crippen molar-refractivity contribution in [3.05, 3.63) is 59.7 Å². The van der Waals surface area contributed by atoms with Crippen molar-refractivity contribution in [3.63, 3.8) is 0 Å². The molecule has 2 aliphatic rings. The number of hydrogen-bond acceptors (Lipinski definition) is 4. The van der Waals surface area contributed by atoms with Gasteiger partial charge in [-0.1, -0.05) is 32.0 Å². The van der Waals surface area contributed by atoms with Crippen LogP contribution in [-0.4, -0.2) is 35.2 Å². The van der Waals surface area contributed by atoms with E-state index in [2.05, 4.69) is 16.7 Å². The van der Waals surface area contributed by atoms with E-state index < -0.39 is 40.8 Å². The molecular weight excluding hydrogens is 442 g/mol. The van der Waals surface area contributed by atoms with Crippen LogP contribution in [0.4, 0.5) is 20.2 Å². The van der Waals surface area contributed by atoms with Crippen molar-refractivity contribution in [1.29, 1.82) is 5.26 Å². The van der Waals surface area contributed by atoms with Gasteiger partial charge in [-0.3, -0.25) is 14.4 Å². The topological polar surface area (TPSA) is 102 Å². The summed E-state index contributed by atoms with van der Waals surface area (Å²) in [6, 6.07) is 10.9. The zero-order valence-corrected chi connectivity index (χ0v) is 18.8. The Morgan fingerprint density at radius 1 is 1.24 bits per heavy atom. The van der Waals surface area contributed by atoms with Gasteiger partial charge in [-0.15, -0.1) is 0 Å². The molecule has 34 heavy (non-hydrogen) atoms. The third-order valence-corrected chi connectivity index (χ3v) is 6.37. The molecule has 2 aromatic carbocycles. The van der Waals surface area contributed by atoms with E-state index in [1.807, 2.05) is 13.8 Å². The Balaban J connectivity index is 1.63. The highest BCUT2D eigenvalue weighted by Crippen LogP contribution is 2.46. The number of benzene rings is 2. The van der Waals surface area contributed by atoms with Crippen molar-refractivity contribution in [1.82, 2.24) is 4.90 Å². The molecule has 2 aromatic rings. The van der Waals surface area contributed by atoms with Gasteiger partial charge in [0.15, 0.2) is 0 Å². The van der Waals surface area contributed by atoms with Crippen molar-refractivity contribution in [2.45, 2.75) is 38.1 Å². The van der Waals surface area contributed by atoms with Crippen LogP contribution < -0.4 is 10.6 Å². The Bertz CT molecular complexity index is 1190. The van der Waals surface area contributed by atoms with Crippen LogP contribution in [0.15, 0.2) is 42.5 Å². The summed E-state index contributed by atoms with van der Waals surface area (Å²) in [5.74, 6) is -4.59.